The van der Waals surface area contributed by atoms with Crippen molar-refractivity contribution in [1.29, 1.82) is 5.26 Å². The molecule has 0 radical (unpaired) electrons. The Labute approximate surface area is 213 Å². The van der Waals surface area contributed by atoms with Crippen LogP contribution < -0.4 is 16.2 Å². The molecule has 0 fully saturated rings. The molecule has 0 aliphatic rings. The minimum Gasteiger partial charge on any atom is -0.344 e. The molecule has 10 heteroatoms. The number of nitrogens with two attached hydrogens (primary N) is 1. The molecule has 0 aliphatic carbocycles. The molecule has 37 heavy (non-hydrogen) atoms. The summed E-state index contributed by atoms with van der Waals surface area (Å²) in [4.78, 5) is 29.7. The Bertz CT molecular complexity index is 1710. The lowest BCUT2D eigenvalue weighted by atomic mass is 10.1. The van der Waals surface area contributed by atoms with E-state index in [0.717, 1.165) is 22.2 Å². The van der Waals surface area contributed by atoms with Crippen molar-refractivity contribution < 1.29 is 0 Å². The quantitative estimate of drug-likeness (QED) is 0.366. The molecule has 0 bridgehead atoms. The van der Waals surface area contributed by atoms with Crippen molar-refractivity contribution in [2.24, 2.45) is 5.73 Å². The molecule has 0 amide bonds. The first-order valence-corrected chi connectivity index (χ1v) is 12.0. The zero-order valence-electron chi connectivity index (χ0n) is 21.0. The number of hydrogen-bond donors (Lipinski definition) is 1. The number of hydrogen-bond acceptors (Lipinski definition) is 8. The molecule has 186 valence electrons. The van der Waals surface area contributed by atoms with E-state index in [1.54, 1.807) is 12.3 Å². The Hall–Kier alpha value is -4.62. The fourth-order valence-corrected chi connectivity index (χ4v) is 4.58. The number of nitriles is 1. The number of benzene rings is 2. The topological polar surface area (TPSA) is 132 Å². The van der Waals surface area contributed by atoms with Crippen molar-refractivity contribution in [3.63, 3.8) is 0 Å². The predicted octanol–water partition coefficient (Wildman–Crippen LogP) is 2.60. The van der Waals surface area contributed by atoms with Crippen molar-refractivity contribution in [1.82, 2.24) is 29.3 Å². The average Bonchev–Trinajstić information content (AvgIpc) is 3.25. The van der Waals surface area contributed by atoms with Crippen molar-refractivity contribution in [2.45, 2.75) is 33.0 Å². The average molecular weight is 494 g/mol. The summed E-state index contributed by atoms with van der Waals surface area (Å²) >= 11 is 0. The second-order valence-corrected chi connectivity index (χ2v) is 9.21. The summed E-state index contributed by atoms with van der Waals surface area (Å²) in [7, 11) is 1.88. The lowest BCUT2D eigenvalue weighted by Gasteiger charge is -2.22. The summed E-state index contributed by atoms with van der Waals surface area (Å²) in [5.41, 5.74) is 9.59. The highest BCUT2D eigenvalue weighted by atomic mass is 16.1. The van der Waals surface area contributed by atoms with Crippen LogP contribution in [0.2, 0.25) is 0 Å². The first kappa shape index (κ1) is 24.1. The van der Waals surface area contributed by atoms with Crippen LogP contribution >= 0.6 is 0 Å². The summed E-state index contributed by atoms with van der Waals surface area (Å²) in [6.45, 7) is 4.79. The van der Waals surface area contributed by atoms with E-state index in [0.29, 0.717) is 41.5 Å². The van der Waals surface area contributed by atoms with Crippen LogP contribution in [0.3, 0.4) is 0 Å². The molecular weight excluding hydrogens is 466 g/mol. The number of fused-ring (bicyclic) bond motifs is 2. The van der Waals surface area contributed by atoms with Crippen molar-refractivity contribution in [3.8, 4) is 6.07 Å². The van der Waals surface area contributed by atoms with E-state index in [9.17, 15) is 10.1 Å². The summed E-state index contributed by atoms with van der Waals surface area (Å²) in [6.07, 6.45) is 1.58. The van der Waals surface area contributed by atoms with Crippen molar-refractivity contribution in [2.75, 3.05) is 18.5 Å². The van der Waals surface area contributed by atoms with Gasteiger partial charge < -0.3 is 15.2 Å². The normalized spacial score (nSPS) is 12.1. The molecule has 2 N–H and O–H groups in total. The molecule has 1 unspecified atom stereocenters. The maximum atomic E-state index is 13.8. The van der Waals surface area contributed by atoms with Gasteiger partial charge in [0.25, 0.3) is 5.56 Å². The predicted molar refractivity (Wildman–Crippen MR) is 142 cm³/mol. The number of nitrogens with zero attached hydrogens (tertiary/aromatic N) is 8. The molecule has 0 aliphatic heterocycles. The molecule has 3 heterocycles. The van der Waals surface area contributed by atoms with Gasteiger partial charge in [-0.1, -0.05) is 36.4 Å². The van der Waals surface area contributed by atoms with E-state index >= 15 is 0 Å². The zero-order chi connectivity index (χ0) is 26.1. The van der Waals surface area contributed by atoms with Gasteiger partial charge in [0.1, 0.15) is 17.6 Å². The SMILES string of the molecule is Cc1nc(Cn2ncc3nc(N(C)CC(C)N)n(Cc4ccccc4C#N)c3c2=O)nc2ccccc12. The lowest BCUT2D eigenvalue weighted by molar-refractivity contribution is 0.617. The fourth-order valence-electron chi connectivity index (χ4n) is 4.58. The number of para-hydroxylation sites is 1. The molecule has 5 rings (SSSR count). The second kappa shape index (κ2) is 9.79. The molecular formula is C27H27N9O. The van der Waals surface area contributed by atoms with E-state index in [-0.39, 0.29) is 18.1 Å². The van der Waals surface area contributed by atoms with E-state index in [1.165, 1.54) is 4.68 Å². The number of rotatable bonds is 7. The molecule has 2 aromatic carbocycles. The minimum atomic E-state index is -0.311. The minimum absolute atomic E-state index is 0.104. The maximum absolute atomic E-state index is 13.8. The second-order valence-electron chi connectivity index (χ2n) is 9.21. The third kappa shape index (κ3) is 4.64. The van der Waals surface area contributed by atoms with Crippen LogP contribution in [0.25, 0.3) is 21.9 Å². The van der Waals surface area contributed by atoms with Gasteiger partial charge in [-0.15, -0.1) is 0 Å². The van der Waals surface area contributed by atoms with Crippen LogP contribution in [0, 0.1) is 18.3 Å². The van der Waals surface area contributed by atoms with Crippen LogP contribution in [0.5, 0.6) is 0 Å². The Morgan fingerprint density at radius 3 is 2.59 bits per heavy atom. The number of aryl methyl sites for hydroxylation is 1. The van der Waals surface area contributed by atoms with E-state index in [4.69, 9.17) is 10.7 Å². The first-order chi connectivity index (χ1) is 17.9. The smallest absolute Gasteiger partial charge is 0.293 e. The van der Waals surface area contributed by atoms with Gasteiger partial charge in [-0.2, -0.15) is 10.4 Å². The number of aromatic nitrogens is 6. The van der Waals surface area contributed by atoms with Gasteiger partial charge >= 0.3 is 0 Å². The molecule has 5 aromatic rings. The highest BCUT2D eigenvalue weighted by Gasteiger charge is 2.21. The Morgan fingerprint density at radius 2 is 1.81 bits per heavy atom. The molecule has 3 aromatic heterocycles. The monoisotopic (exact) mass is 493 g/mol. The fraction of sp³-hybridized carbons (Fsp3) is 0.259. The number of anilines is 1. The molecule has 10 nitrogen and oxygen atoms in total. The number of imidazole rings is 1. The first-order valence-electron chi connectivity index (χ1n) is 12.0. The third-order valence-electron chi connectivity index (χ3n) is 6.23. The lowest BCUT2D eigenvalue weighted by Crippen LogP contribution is -2.34. The van der Waals surface area contributed by atoms with Gasteiger partial charge in [0, 0.05) is 30.7 Å². The van der Waals surface area contributed by atoms with E-state index in [1.807, 2.05) is 72.8 Å². The summed E-state index contributed by atoms with van der Waals surface area (Å²) in [6, 6.07) is 17.2. The highest BCUT2D eigenvalue weighted by molar-refractivity contribution is 5.80. The van der Waals surface area contributed by atoms with Crippen LogP contribution in [-0.2, 0) is 13.1 Å². The standard InChI is InChI=1S/C27H27N9O/c1-17(29)14-34(3)27-33-23-13-30-36(16-24-31-18(2)21-10-6-7-11-22(21)32-24)26(37)25(23)35(27)15-20-9-5-4-8-19(20)12-28/h4-11,13,17H,14-16,29H2,1-3H3. The van der Waals surface area contributed by atoms with Gasteiger partial charge in [0.2, 0.25) is 5.95 Å². The van der Waals surface area contributed by atoms with Gasteiger partial charge in [-0.3, -0.25) is 4.79 Å². The largest absolute Gasteiger partial charge is 0.344 e. The van der Waals surface area contributed by atoms with Crippen LogP contribution in [0.4, 0.5) is 5.95 Å². The molecule has 0 spiro atoms. The van der Waals surface area contributed by atoms with Crippen molar-refractivity contribution >= 4 is 27.9 Å². The van der Waals surface area contributed by atoms with Gasteiger partial charge in [-0.25, -0.2) is 19.6 Å². The Kier molecular flexibility index (Phi) is 6.38. The van der Waals surface area contributed by atoms with Crippen LogP contribution in [0.1, 0.15) is 29.6 Å². The molecule has 0 saturated carbocycles. The van der Waals surface area contributed by atoms with Gasteiger partial charge in [0.05, 0.1) is 29.9 Å². The third-order valence-corrected chi connectivity index (χ3v) is 6.23. The summed E-state index contributed by atoms with van der Waals surface area (Å²) < 4.78 is 3.19. The molecule has 1 atom stereocenters. The summed E-state index contributed by atoms with van der Waals surface area (Å²) in [5, 5.41) is 15.0. The Morgan fingerprint density at radius 1 is 1.05 bits per heavy atom. The molecule has 0 saturated heterocycles. The summed E-state index contributed by atoms with van der Waals surface area (Å²) in [5.74, 6) is 1.08. The highest BCUT2D eigenvalue weighted by Crippen LogP contribution is 2.22. The van der Waals surface area contributed by atoms with Crippen LogP contribution in [-0.4, -0.2) is 48.9 Å². The number of likely N-dealkylation sites (N-methyl/N-ethyl adjacent to an activating group) is 1. The van der Waals surface area contributed by atoms with Crippen LogP contribution in [0.15, 0.2) is 59.5 Å². The van der Waals surface area contributed by atoms with Gasteiger partial charge in [0.15, 0.2) is 5.82 Å². The maximum Gasteiger partial charge on any atom is 0.293 e. The van der Waals surface area contributed by atoms with E-state index in [2.05, 4.69) is 21.1 Å². The van der Waals surface area contributed by atoms with Gasteiger partial charge in [-0.05, 0) is 31.5 Å². The zero-order valence-corrected chi connectivity index (χ0v) is 21.0. The van der Waals surface area contributed by atoms with E-state index < -0.39 is 0 Å². The Balaban J connectivity index is 1.64. The van der Waals surface area contributed by atoms with Crippen molar-refractivity contribution in [3.05, 3.63) is 87.7 Å².